The molecule has 0 aromatic rings. The molecule has 0 aromatic carbocycles. The summed E-state index contributed by atoms with van der Waals surface area (Å²) in [5.41, 5.74) is -0.242. The van der Waals surface area contributed by atoms with Crippen LogP contribution in [-0.2, 0) is 14.3 Å². The van der Waals surface area contributed by atoms with E-state index < -0.39 is 0 Å². The second-order valence-electron chi connectivity index (χ2n) is 4.77. The lowest BCUT2D eigenvalue weighted by Crippen LogP contribution is -2.43. The summed E-state index contributed by atoms with van der Waals surface area (Å²) in [6.07, 6.45) is 3.52. The summed E-state index contributed by atoms with van der Waals surface area (Å²) < 4.78 is 10.8. The zero-order chi connectivity index (χ0) is 11.4. The number of nitrogens with one attached hydrogen (secondary N) is 1. The van der Waals surface area contributed by atoms with Crippen molar-refractivity contribution < 1.29 is 14.3 Å². The van der Waals surface area contributed by atoms with Gasteiger partial charge in [-0.05, 0) is 32.4 Å². The molecule has 1 unspecified atom stereocenters. The zero-order valence-electron chi connectivity index (χ0n) is 9.96. The molecular weight excluding hydrogens is 206 g/mol. The Bertz CT molecular complexity index is 243. The molecule has 2 fully saturated rings. The van der Waals surface area contributed by atoms with Gasteiger partial charge in [-0.25, -0.2) is 0 Å². The monoisotopic (exact) mass is 227 g/mol. The highest BCUT2D eigenvalue weighted by molar-refractivity contribution is 5.77. The highest BCUT2D eigenvalue weighted by Gasteiger charge is 2.40. The van der Waals surface area contributed by atoms with Crippen LogP contribution in [0.4, 0.5) is 0 Å². The van der Waals surface area contributed by atoms with Gasteiger partial charge < -0.3 is 14.8 Å². The van der Waals surface area contributed by atoms with Crippen LogP contribution in [0, 0.1) is 5.41 Å². The van der Waals surface area contributed by atoms with Gasteiger partial charge in [0.2, 0.25) is 0 Å². The largest absolute Gasteiger partial charge is 0.459 e. The number of piperidine rings is 1. The van der Waals surface area contributed by atoms with Crippen LogP contribution in [0.2, 0.25) is 0 Å². The van der Waals surface area contributed by atoms with Gasteiger partial charge in [0.15, 0.2) is 0 Å². The van der Waals surface area contributed by atoms with Gasteiger partial charge in [0, 0.05) is 6.42 Å². The van der Waals surface area contributed by atoms with E-state index in [1.165, 1.54) is 0 Å². The van der Waals surface area contributed by atoms with Gasteiger partial charge in [-0.3, -0.25) is 4.79 Å². The summed E-state index contributed by atoms with van der Waals surface area (Å²) in [6, 6.07) is 0. The predicted molar refractivity (Wildman–Crippen MR) is 60.1 cm³/mol. The first-order chi connectivity index (χ1) is 7.77. The van der Waals surface area contributed by atoms with Crippen LogP contribution < -0.4 is 5.32 Å². The molecule has 2 aliphatic heterocycles. The summed E-state index contributed by atoms with van der Waals surface area (Å²) in [6.45, 7) is 5.22. The Labute approximate surface area is 96.7 Å². The first-order valence-electron chi connectivity index (χ1n) is 6.26. The molecule has 4 nitrogen and oxygen atoms in total. The normalized spacial score (nSPS) is 28.9. The third-order valence-electron chi connectivity index (χ3n) is 3.83. The van der Waals surface area contributed by atoms with E-state index in [-0.39, 0.29) is 17.5 Å². The summed E-state index contributed by atoms with van der Waals surface area (Å²) in [7, 11) is 0. The molecule has 0 amide bonds. The summed E-state index contributed by atoms with van der Waals surface area (Å²) in [5.74, 6) is -0.00741. The number of hydrogen-bond donors (Lipinski definition) is 1. The van der Waals surface area contributed by atoms with Crippen LogP contribution in [0.1, 0.15) is 32.6 Å². The van der Waals surface area contributed by atoms with Crippen molar-refractivity contribution in [3.63, 3.8) is 0 Å². The average Bonchev–Trinajstić information content (AvgIpc) is 2.82. The van der Waals surface area contributed by atoms with E-state index in [4.69, 9.17) is 9.47 Å². The molecule has 92 valence electrons. The van der Waals surface area contributed by atoms with Crippen molar-refractivity contribution in [3.8, 4) is 0 Å². The van der Waals surface area contributed by atoms with Gasteiger partial charge in [-0.2, -0.15) is 0 Å². The Kier molecular flexibility index (Phi) is 3.82. The van der Waals surface area contributed by atoms with Crippen LogP contribution in [0.3, 0.4) is 0 Å². The molecule has 4 heteroatoms. The van der Waals surface area contributed by atoms with Crippen LogP contribution in [0.5, 0.6) is 0 Å². The van der Waals surface area contributed by atoms with E-state index in [2.05, 4.69) is 12.2 Å². The van der Waals surface area contributed by atoms with Gasteiger partial charge in [0.05, 0.1) is 18.6 Å². The fourth-order valence-corrected chi connectivity index (χ4v) is 2.49. The third kappa shape index (κ3) is 2.38. The Morgan fingerprint density at radius 2 is 2.25 bits per heavy atom. The highest BCUT2D eigenvalue weighted by Crippen LogP contribution is 2.34. The quantitative estimate of drug-likeness (QED) is 0.733. The summed E-state index contributed by atoms with van der Waals surface area (Å²) in [5, 5.41) is 3.29. The fourth-order valence-electron chi connectivity index (χ4n) is 2.49. The molecule has 0 aliphatic carbocycles. The van der Waals surface area contributed by atoms with Gasteiger partial charge >= 0.3 is 5.97 Å². The standard InChI is InChI=1S/C12H21NO3/c1-2-12(4-6-13-7-5-12)11(14)16-10-3-8-15-9-10/h10,13H,2-9H2,1H3. The van der Waals surface area contributed by atoms with Crippen molar-refractivity contribution in [2.75, 3.05) is 26.3 Å². The van der Waals surface area contributed by atoms with Crippen molar-refractivity contribution in [3.05, 3.63) is 0 Å². The molecule has 2 rings (SSSR count). The number of ether oxygens (including phenoxy) is 2. The molecule has 0 bridgehead atoms. The average molecular weight is 227 g/mol. The Hall–Kier alpha value is -0.610. The van der Waals surface area contributed by atoms with Crippen LogP contribution in [-0.4, -0.2) is 38.4 Å². The molecule has 2 saturated heterocycles. The number of rotatable bonds is 3. The smallest absolute Gasteiger partial charge is 0.312 e. The van der Waals surface area contributed by atoms with E-state index in [1.54, 1.807) is 0 Å². The van der Waals surface area contributed by atoms with E-state index in [0.717, 1.165) is 45.4 Å². The first kappa shape index (κ1) is 11.9. The van der Waals surface area contributed by atoms with E-state index >= 15 is 0 Å². The second kappa shape index (κ2) is 5.15. The molecule has 2 aliphatic rings. The SMILES string of the molecule is CCC1(C(=O)OC2CCOC2)CCNCC1. The maximum Gasteiger partial charge on any atom is 0.312 e. The van der Waals surface area contributed by atoms with E-state index in [1.807, 2.05) is 0 Å². The van der Waals surface area contributed by atoms with E-state index in [9.17, 15) is 4.79 Å². The van der Waals surface area contributed by atoms with Gasteiger partial charge in [-0.1, -0.05) is 6.92 Å². The van der Waals surface area contributed by atoms with Gasteiger partial charge in [-0.15, -0.1) is 0 Å². The highest BCUT2D eigenvalue weighted by atomic mass is 16.6. The van der Waals surface area contributed by atoms with Gasteiger partial charge in [0.1, 0.15) is 6.10 Å². The number of esters is 1. The minimum atomic E-state index is -0.242. The second-order valence-corrected chi connectivity index (χ2v) is 4.77. The fraction of sp³-hybridized carbons (Fsp3) is 0.917. The molecule has 0 radical (unpaired) electrons. The van der Waals surface area contributed by atoms with Gasteiger partial charge in [0.25, 0.3) is 0 Å². The molecule has 0 spiro atoms. The lowest BCUT2D eigenvalue weighted by molar-refractivity contribution is -0.163. The minimum absolute atomic E-state index is 0.00741. The maximum absolute atomic E-state index is 12.2. The molecule has 16 heavy (non-hydrogen) atoms. The molecule has 0 saturated carbocycles. The van der Waals surface area contributed by atoms with Crippen LogP contribution >= 0.6 is 0 Å². The molecular formula is C12H21NO3. The van der Waals surface area contributed by atoms with Crippen molar-refractivity contribution in [1.82, 2.24) is 5.32 Å². The van der Waals surface area contributed by atoms with Crippen molar-refractivity contribution in [2.45, 2.75) is 38.7 Å². The van der Waals surface area contributed by atoms with Crippen molar-refractivity contribution in [2.24, 2.45) is 5.41 Å². The Morgan fingerprint density at radius 1 is 1.50 bits per heavy atom. The number of hydrogen-bond acceptors (Lipinski definition) is 4. The molecule has 2 heterocycles. The van der Waals surface area contributed by atoms with Crippen molar-refractivity contribution >= 4 is 5.97 Å². The van der Waals surface area contributed by atoms with Crippen LogP contribution in [0.15, 0.2) is 0 Å². The van der Waals surface area contributed by atoms with E-state index in [0.29, 0.717) is 6.61 Å². The lowest BCUT2D eigenvalue weighted by Gasteiger charge is -2.35. The summed E-state index contributed by atoms with van der Waals surface area (Å²) >= 11 is 0. The molecule has 0 aromatic heterocycles. The topological polar surface area (TPSA) is 47.6 Å². The molecule has 1 N–H and O–H groups in total. The summed E-state index contributed by atoms with van der Waals surface area (Å²) in [4.78, 5) is 12.2. The number of carbonyl (C=O) groups excluding carboxylic acids is 1. The molecule has 1 atom stereocenters. The predicted octanol–water partition coefficient (Wildman–Crippen LogP) is 1.10. The Morgan fingerprint density at radius 3 is 2.81 bits per heavy atom. The van der Waals surface area contributed by atoms with Crippen molar-refractivity contribution in [1.29, 1.82) is 0 Å². The number of carbonyl (C=O) groups is 1. The maximum atomic E-state index is 12.2. The lowest BCUT2D eigenvalue weighted by atomic mass is 9.77. The minimum Gasteiger partial charge on any atom is -0.459 e. The van der Waals surface area contributed by atoms with Crippen LogP contribution in [0.25, 0.3) is 0 Å². The third-order valence-corrected chi connectivity index (χ3v) is 3.83. The first-order valence-corrected chi connectivity index (χ1v) is 6.26. The zero-order valence-corrected chi connectivity index (χ0v) is 9.96. The Balaban J connectivity index is 1.94.